The van der Waals surface area contributed by atoms with Crippen LogP contribution in [0.2, 0.25) is 0 Å². The third-order valence-corrected chi connectivity index (χ3v) is 3.33. The average Bonchev–Trinajstić information content (AvgIpc) is 2.97. The molecule has 0 aliphatic heterocycles. The van der Waals surface area contributed by atoms with Crippen molar-refractivity contribution in [1.82, 2.24) is 10.2 Å². The molecule has 0 spiro atoms. The van der Waals surface area contributed by atoms with Gasteiger partial charge in [0.1, 0.15) is 0 Å². The SMILES string of the molecule is Cc1cc(-c2ccc(NC(=O)c3ccc(F)c(F)c3)cc2)n[nH]1. The molecule has 0 saturated carbocycles. The Balaban J connectivity index is 1.75. The molecule has 3 rings (SSSR count). The molecule has 3 aromatic rings. The molecule has 1 aromatic heterocycles. The smallest absolute Gasteiger partial charge is 0.255 e. The van der Waals surface area contributed by atoms with E-state index in [2.05, 4.69) is 15.5 Å². The third kappa shape index (κ3) is 3.26. The highest BCUT2D eigenvalue weighted by Gasteiger charge is 2.10. The maximum absolute atomic E-state index is 13.2. The molecule has 2 aromatic carbocycles. The Morgan fingerprint density at radius 2 is 1.78 bits per heavy atom. The van der Waals surface area contributed by atoms with Crippen LogP contribution in [0.25, 0.3) is 11.3 Å². The van der Waals surface area contributed by atoms with E-state index in [4.69, 9.17) is 0 Å². The van der Waals surface area contributed by atoms with Crippen LogP contribution in [0.15, 0.2) is 48.5 Å². The molecule has 0 unspecified atom stereocenters. The van der Waals surface area contributed by atoms with Gasteiger partial charge in [-0.05, 0) is 43.3 Å². The summed E-state index contributed by atoms with van der Waals surface area (Å²) in [6.45, 7) is 1.91. The van der Waals surface area contributed by atoms with Crippen LogP contribution >= 0.6 is 0 Å². The van der Waals surface area contributed by atoms with E-state index in [1.165, 1.54) is 6.07 Å². The van der Waals surface area contributed by atoms with Gasteiger partial charge in [-0.1, -0.05) is 12.1 Å². The monoisotopic (exact) mass is 313 g/mol. The second-order valence-corrected chi connectivity index (χ2v) is 5.10. The van der Waals surface area contributed by atoms with Crippen molar-refractivity contribution in [3.05, 3.63) is 71.4 Å². The lowest BCUT2D eigenvalue weighted by atomic mass is 10.1. The van der Waals surface area contributed by atoms with Gasteiger partial charge in [-0.15, -0.1) is 0 Å². The van der Waals surface area contributed by atoms with E-state index in [0.717, 1.165) is 29.1 Å². The molecule has 0 radical (unpaired) electrons. The van der Waals surface area contributed by atoms with Crippen molar-refractivity contribution in [3.63, 3.8) is 0 Å². The van der Waals surface area contributed by atoms with Gasteiger partial charge in [-0.2, -0.15) is 5.10 Å². The minimum atomic E-state index is -1.05. The summed E-state index contributed by atoms with van der Waals surface area (Å²) in [5.41, 5.74) is 3.27. The molecule has 4 nitrogen and oxygen atoms in total. The van der Waals surface area contributed by atoms with Crippen LogP contribution in [-0.2, 0) is 0 Å². The fourth-order valence-corrected chi connectivity index (χ4v) is 2.13. The van der Waals surface area contributed by atoms with Crippen molar-refractivity contribution in [1.29, 1.82) is 0 Å². The fourth-order valence-electron chi connectivity index (χ4n) is 2.13. The molecular formula is C17H13F2N3O. The molecule has 0 atom stereocenters. The summed E-state index contributed by atoms with van der Waals surface area (Å²) in [5, 5.41) is 9.64. The first-order valence-electron chi connectivity index (χ1n) is 6.92. The first kappa shape index (κ1) is 14.9. The van der Waals surface area contributed by atoms with Crippen molar-refractivity contribution < 1.29 is 13.6 Å². The highest BCUT2D eigenvalue weighted by atomic mass is 19.2. The van der Waals surface area contributed by atoms with E-state index in [1.54, 1.807) is 12.1 Å². The van der Waals surface area contributed by atoms with Gasteiger partial charge < -0.3 is 5.32 Å². The predicted octanol–water partition coefficient (Wildman–Crippen LogP) is 3.92. The Hall–Kier alpha value is -3.02. The summed E-state index contributed by atoms with van der Waals surface area (Å²) in [6.07, 6.45) is 0. The lowest BCUT2D eigenvalue weighted by Gasteiger charge is -2.06. The number of halogens is 2. The Morgan fingerprint density at radius 3 is 2.39 bits per heavy atom. The summed E-state index contributed by atoms with van der Waals surface area (Å²) in [7, 11) is 0. The molecule has 0 aliphatic rings. The number of nitrogens with one attached hydrogen (secondary N) is 2. The van der Waals surface area contributed by atoms with Gasteiger partial charge >= 0.3 is 0 Å². The predicted molar refractivity (Wildman–Crippen MR) is 83.1 cm³/mol. The van der Waals surface area contributed by atoms with E-state index in [0.29, 0.717) is 5.69 Å². The number of anilines is 1. The average molecular weight is 313 g/mol. The van der Waals surface area contributed by atoms with Crippen molar-refractivity contribution in [3.8, 4) is 11.3 Å². The molecule has 0 saturated heterocycles. The number of aromatic amines is 1. The molecule has 1 heterocycles. The van der Waals surface area contributed by atoms with Gasteiger partial charge in [0, 0.05) is 22.5 Å². The topological polar surface area (TPSA) is 57.8 Å². The van der Waals surface area contributed by atoms with Gasteiger partial charge in [-0.3, -0.25) is 9.89 Å². The van der Waals surface area contributed by atoms with Crippen LogP contribution in [0.3, 0.4) is 0 Å². The van der Waals surface area contributed by atoms with Crippen LogP contribution in [0.1, 0.15) is 16.1 Å². The van der Waals surface area contributed by atoms with E-state index in [9.17, 15) is 13.6 Å². The molecule has 6 heteroatoms. The minimum Gasteiger partial charge on any atom is -0.322 e. The molecule has 0 bridgehead atoms. The Bertz CT molecular complexity index is 857. The third-order valence-electron chi connectivity index (χ3n) is 3.33. The maximum Gasteiger partial charge on any atom is 0.255 e. The lowest BCUT2D eigenvalue weighted by Crippen LogP contribution is -2.12. The molecule has 0 aliphatic carbocycles. The second-order valence-electron chi connectivity index (χ2n) is 5.10. The van der Waals surface area contributed by atoms with Crippen LogP contribution < -0.4 is 5.32 Å². The van der Waals surface area contributed by atoms with Crippen LogP contribution in [-0.4, -0.2) is 16.1 Å². The molecule has 0 fully saturated rings. The molecule has 116 valence electrons. The normalized spacial score (nSPS) is 10.6. The standard InChI is InChI=1S/C17H13F2N3O/c1-10-8-16(22-21-10)11-2-5-13(6-3-11)20-17(23)12-4-7-14(18)15(19)9-12/h2-9H,1H3,(H,20,23)(H,21,22). The number of H-pyrrole nitrogens is 1. The van der Waals surface area contributed by atoms with E-state index in [-0.39, 0.29) is 5.56 Å². The minimum absolute atomic E-state index is 0.0518. The number of nitrogens with zero attached hydrogens (tertiary/aromatic N) is 1. The number of rotatable bonds is 3. The zero-order valence-corrected chi connectivity index (χ0v) is 12.2. The number of carbonyl (C=O) groups excluding carboxylic acids is 1. The van der Waals surface area contributed by atoms with Gasteiger partial charge in [0.25, 0.3) is 5.91 Å². The molecular weight excluding hydrogens is 300 g/mol. The van der Waals surface area contributed by atoms with Crippen molar-refractivity contribution >= 4 is 11.6 Å². The Morgan fingerprint density at radius 1 is 1.04 bits per heavy atom. The zero-order valence-electron chi connectivity index (χ0n) is 12.2. The Labute approximate surface area is 131 Å². The summed E-state index contributed by atoms with van der Waals surface area (Å²) in [6, 6.07) is 12.0. The quantitative estimate of drug-likeness (QED) is 0.770. The van der Waals surface area contributed by atoms with Crippen molar-refractivity contribution in [2.45, 2.75) is 6.92 Å². The lowest BCUT2D eigenvalue weighted by molar-refractivity contribution is 0.102. The highest BCUT2D eigenvalue weighted by molar-refractivity contribution is 6.04. The number of aromatic nitrogens is 2. The number of hydrogen-bond acceptors (Lipinski definition) is 2. The second kappa shape index (κ2) is 6.00. The van der Waals surface area contributed by atoms with Crippen LogP contribution in [0.5, 0.6) is 0 Å². The summed E-state index contributed by atoms with van der Waals surface area (Å²) < 4.78 is 26.0. The summed E-state index contributed by atoms with van der Waals surface area (Å²) in [5.74, 6) is -2.55. The number of aryl methyl sites for hydroxylation is 1. The summed E-state index contributed by atoms with van der Waals surface area (Å²) >= 11 is 0. The molecule has 23 heavy (non-hydrogen) atoms. The number of hydrogen-bond donors (Lipinski definition) is 2. The molecule has 1 amide bonds. The summed E-state index contributed by atoms with van der Waals surface area (Å²) in [4.78, 5) is 12.0. The first-order valence-corrected chi connectivity index (χ1v) is 6.92. The van der Waals surface area contributed by atoms with Crippen LogP contribution in [0, 0.1) is 18.6 Å². The highest BCUT2D eigenvalue weighted by Crippen LogP contribution is 2.20. The number of benzene rings is 2. The number of carbonyl (C=O) groups is 1. The maximum atomic E-state index is 13.2. The largest absolute Gasteiger partial charge is 0.322 e. The van der Waals surface area contributed by atoms with E-state index >= 15 is 0 Å². The van der Waals surface area contributed by atoms with E-state index < -0.39 is 17.5 Å². The van der Waals surface area contributed by atoms with E-state index in [1.807, 2.05) is 25.1 Å². The fraction of sp³-hybridized carbons (Fsp3) is 0.0588. The van der Waals surface area contributed by atoms with Gasteiger partial charge in [0.15, 0.2) is 11.6 Å². The molecule has 2 N–H and O–H groups in total. The van der Waals surface area contributed by atoms with Gasteiger partial charge in [-0.25, -0.2) is 8.78 Å². The Kier molecular flexibility index (Phi) is 3.89. The zero-order chi connectivity index (χ0) is 16.4. The number of amides is 1. The van der Waals surface area contributed by atoms with Gasteiger partial charge in [0.2, 0.25) is 0 Å². The van der Waals surface area contributed by atoms with Crippen molar-refractivity contribution in [2.75, 3.05) is 5.32 Å². The van der Waals surface area contributed by atoms with Crippen LogP contribution in [0.4, 0.5) is 14.5 Å². The van der Waals surface area contributed by atoms with Gasteiger partial charge in [0.05, 0.1) is 5.69 Å². The first-order chi connectivity index (χ1) is 11.0. The van der Waals surface area contributed by atoms with Crippen molar-refractivity contribution in [2.24, 2.45) is 0 Å².